The Morgan fingerprint density at radius 2 is 1.50 bits per heavy atom. The van der Waals surface area contributed by atoms with Crippen LogP contribution in [0.4, 0.5) is 11.6 Å². The molecule has 2 aliphatic rings. The van der Waals surface area contributed by atoms with Crippen LogP contribution >= 0.6 is 11.3 Å². The Morgan fingerprint density at radius 1 is 0.833 bits per heavy atom. The van der Waals surface area contributed by atoms with E-state index in [2.05, 4.69) is 38.5 Å². The van der Waals surface area contributed by atoms with Crippen LogP contribution in [0.2, 0.25) is 0 Å². The first-order valence-electron chi connectivity index (χ1n) is 10.9. The molecule has 2 aliphatic heterocycles. The van der Waals surface area contributed by atoms with E-state index in [0.29, 0.717) is 0 Å². The highest BCUT2D eigenvalue weighted by atomic mass is 32.1. The molecule has 0 amide bonds. The molecule has 3 aromatic heterocycles. The van der Waals surface area contributed by atoms with Crippen molar-refractivity contribution in [2.75, 3.05) is 49.1 Å². The molecule has 0 aliphatic carbocycles. The Labute approximate surface area is 181 Å². The number of aryl methyl sites for hydroxylation is 3. The standard InChI is InChI=1S/C22H29N7S/c1-15-17(3)30-22-19(15)21(25-18(26-22)14-27-8-4-5-9-27)29-12-10-28(11-13-29)20-16(2)23-6-7-24-20/h6-7H,4-5,8-14H2,1-3H3. The van der Waals surface area contributed by atoms with Crippen LogP contribution in [0.1, 0.15) is 34.8 Å². The van der Waals surface area contributed by atoms with Crippen LogP contribution < -0.4 is 9.80 Å². The van der Waals surface area contributed by atoms with Crippen LogP contribution in [-0.4, -0.2) is 64.1 Å². The molecule has 30 heavy (non-hydrogen) atoms. The Morgan fingerprint density at radius 3 is 2.20 bits per heavy atom. The largest absolute Gasteiger partial charge is 0.352 e. The van der Waals surface area contributed by atoms with Crippen molar-refractivity contribution < 1.29 is 0 Å². The number of piperazine rings is 1. The number of aromatic nitrogens is 4. The molecule has 3 aromatic rings. The Bertz CT molecular complexity index is 1050. The van der Waals surface area contributed by atoms with Crippen molar-refractivity contribution in [1.82, 2.24) is 24.8 Å². The van der Waals surface area contributed by atoms with E-state index in [0.717, 1.165) is 73.8 Å². The minimum atomic E-state index is 0.859. The van der Waals surface area contributed by atoms with Gasteiger partial charge in [0.25, 0.3) is 0 Å². The van der Waals surface area contributed by atoms with Crippen molar-refractivity contribution in [3.05, 3.63) is 34.4 Å². The summed E-state index contributed by atoms with van der Waals surface area (Å²) in [7, 11) is 0. The number of hydrogen-bond acceptors (Lipinski definition) is 8. The topological polar surface area (TPSA) is 61.3 Å². The molecule has 0 saturated carbocycles. The number of fused-ring (bicyclic) bond motifs is 1. The van der Waals surface area contributed by atoms with E-state index in [4.69, 9.17) is 9.97 Å². The number of hydrogen-bond donors (Lipinski definition) is 0. The highest BCUT2D eigenvalue weighted by Gasteiger charge is 2.25. The minimum Gasteiger partial charge on any atom is -0.352 e. The molecule has 5 heterocycles. The Balaban J connectivity index is 1.43. The second-order valence-corrected chi connectivity index (χ2v) is 9.55. The van der Waals surface area contributed by atoms with Crippen molar-refractivity contribution in [2.24, 2.45) is 0 Å². The fourth-order valence-electron chi connectivity index (χ4n) is 4.55. The zero-order chi connectivity index (χ0) is 20.7. The summed E-state index contributed by atoms with van der Waals surface area (Å²) in [6.07, 6.45) is 6.12. The lowest BCUT2D eigenvalue weighted by Gasteiger charge is -2.36. The highest BCUT2D eigenvalue weighted by molar-refractivity contribution is 7.18. The molecular formula is C22H29N7S. The van der Waals surface area contributed by atoms with Gasteiger partial charge in [-0.2, -0.15) is 0 Å². The van der Waals surface area contributed by atoms with Gasteiger partial charge in [-0.25, -0.2) is 15.0 Å². The van der Waals surface area contributed by atoms with Crippen LogP contribution in [0.15, 0.2) is 12.4 Å². The van der Waals surface area contributed by atoms with E-state index < -0.39 is 0 Å². The van der Waals surface area contributed by atoms with Crippen LogP contribution in [-0.2, 0) is 6.54 Å². The van der Waals surface area contributed by atoms with Gasteiger partial charge >= 0.3 is 0 Å². The van der Waals surface area contributed by atoms with Gasteiger partial charge in [0.15, 0.2) is 0 Å². The molecule has 2 fully saturated rings. The number of anilines is 2. The first kappa shape index (κ1) is 19.6. The normalized spacial score (nSPS) is 18.0. The molecule has 7 nitrogen and oxygen atoms in total. The molecule has 0 aromatic carbocycles. The van der Waals surface area contributed by atoms with Gasteiger partial charge in [0.1, 0.15) is 22.3 Å². The quantitative estimate of drug-likeness (QED) is 0.638. The summed E-state index contributed by atoms with van der Waals surface area (Å²) in [5.41, 5.74) is 2.32. The van der Waals surface area contributed by atoms with Crippen LogP contribution in [0.3, 0.4) is 0 Å². The van der Waals surface area contributed by atoms with Gasteiger partial charge in [-0.05, 0) is 52.3 Å². The number of nitrogens with zero attached hydrogens (tertiary/aromatic N) is 7. The minimum absolute atomic E-state index is 0.859. The highest BCUT2D eigenvalue weighted by Crippen LogP contribution is 2.36. The average Bonchev–Trinajstić information content (AvgIpc) is 3.36. The summed E-state index contributed by atoms with van der Waals surface area (Å²) in [6, 6.07) is 0. The van der Waals surface area contributed by atoms with Gasteiger partial charge < -0.3 is 9.80 Å². The Kier molecular flexibility index (Phi) is 5.28. The van der Waals surface area contributed by atoms with Crippen molar-refractivity contribution in [3.8, 4) is 0 Å². The lowest BCUT2D eigenvalue weighted by Crippen LogP contribution is -2.47. The third-order valence-electron chi connectivity index (χ3n) is 6.35. The summed E-state index contributed by atoms with van der Waals surface area (Å²) in [6.45, 7) is 13.3. The van der Waals surface area contributed by atoms with E-state index in [9.17, 15) is 0 Å². The summed E-state index contributed by atoms with van der Waals surface area (Å²) >= 11 is 1.80. The van der Waals surface area contributed by atoms with E-state index in [1.165, 1.54) is 28.7 Å². The average molecular weight is 424 g/mol. The van der Waals surface area contributed by atoms with Crippen molar-refractivity contribution in [1.29, 1.82) is 0 Å². The second kappa shape index (κ2) is 8.07. The summed E-state index contributed by atoms with van der Waals surface area (Å²) in [4.78, 5) is 28.8. The van der Waals surface area contributed by atoms with Crippen molar-refractivity contribution in [3.63, 3.8) is 0 Å². The first-order chi connectivity index (χ1) is 14.6. The predicted octanol–water partition coefficient (Wildman–Crippen LogP) is 3.33. The third kappa shape index (κ3) is 3.63. The number of likely N-dealkylation sites (tertiary alicyclic amines) is 1. The zero-order valence-electron chi connectivity index (χ0n) is 18.1. The SMILES string of the molecule is Cc1nccnc1N1CCN(c2nc(CN3CCCC3)nc3sc(C)c(C)c23)CC1. The third-order valence-corrected chi connectivity index (χ3v) is 7.45. The maximum atomic E-state index is 5.11. The molecule has 0 radical (unpaired) electrons. The van der Waals surface area contributed by atoms with E-state index >= 15 is 0 Å². The van der Waals surface area contributed by atoms with Crippen molar-refractivity contribution in [2.45, 2.75) is 40.2 Å². The molecule has 0 N–H and O–H groups in total. The Hall–Kier alpha value is -2.32. The van der Waals surface area contributed by atoms with Crippen molar-refractivity contribution >= 4 is 33.2 Å². The monoisotopic (exact) mass is 423 g/mol. The van der Waals surface area contributed by atoms with Gasteiger partial charge in [0.05, 0.1) is 17.6 Å². The van der Waals surface area contributed by atoms with Gasteiger partial charge in [-0.3, -0.25) is 9.88 Å². The van der Waals surface area contributed by atoms with Crippen LogP contribution in [0.5, 0.6) is 0 Å². The fraction of sp³-hybridized carbons (Fsp3) is 0.545. The van der Waals surface area contributed by atoms with E-state index in [-0.39, 0.29) is 0 Å². The van der Waals surface area contributed by atoms with Crippen LogP contribution in [0, 0.1) is 20.8 Å². The molecule has 0 unspecified atom stereocenters. The first-order valence-corrected chi connectivity index (χ1v) is 11.7. The van der Waals surface area contributed by atoms with E-state index in [1.807, 2.05) is 6.92 Å². The molecule has 5 rings (SSSR count). The number of thiophene rings is 1. The van der Waals surface area contributed by atoms with Gasteiger partial charge in [-0.15, -0.1) is 11.3 Å². The molecular weight excluding hydrogens is 394 g/mol. The summed E-state index contributed by atoms with van der Waals surface area (Å²) in [5.74, 6) is 3.08. The van der Waals surface area contributed by atoms with E-state index in [1.54, 1.807) is 23.7 Å². The molecule has 0 spiro atoms. The summed E-state index contributed by atoms with van der Waals surface area (Å²) in [5, 5.41) is 1.24. The zero-order valence-corrected chi connectivity index (χ0v) is 18.9. The van der Waals surface area contributed by atoms with Gasteiger partial charge in [0.2, 0.25) is 0 Å². The lowest BCUT2D eigenvalue weighted by molar-refractivity contribution is 0.323. The van der Waals surface area contributed by atoms with Gasteiger partial charge in [0, 0.05) is 43.4 Å². The summed E-state index contributed by atoms with van der Waals surface area (Å²) < 4.78 is 0. The maximum Gasteiger partial charge on any atom is 0.150 e. The molecule has 0 atom stereocenters. The maximum absolute atomic E-state index is 5.11. The second-order valence-electron chi connectivity index (χ2n) is 8.35. The predicted molar refractivity (Wildman–Crippen MR) is 123 cm³/mol. The van der Waals surface area contributed by atoms with Gasteiger partial charge in [-0.1, -0.05) is 0 Å². The van der Waals surface area contributed by atoms with Crippen LogP contribution in [0.25, 0.3) is 10.2 Å². The smallest absolute Gasteiger partial charge is 0.150 e. The molecule has 158 valence electrons. The molecule has 2 saturated heterocycles. The lowest BCUT2D eigenvalue weighted by atomic mass is 10.2. The fourth-order valence-corrected chi connectivity index (χ4v) is 5.60. The molecule has 0 bridgehead atoms. The number of rotatable bonds is 4. The molecule has 8 heteroatoms.